The zero-order chi connectivity index (χ0) is 12.3. The van der Waals surface area contributed by atoms with E-state index in [4.69, 9.17) is 14.2 Å². The van der Waals surface area contributed by atoms with Gasteiger partial charge in [0.1, 0.15) is 0 Å². The van der Waals surface area contributed by atoms with Crippen LogP contribution < -0.4 is 5.32 Å². The average molecular weight is 245 g/mol. The summed E-state index contributed by atoms with van der Waals surface area (Å²) in [5, 5.41) is 3.16. The smallest absolute Gasteiger partial charge is 0.158 e. The average Bonchev–Trinajstić information content (AvgIpc) is 2.76. The SMILES string of the molecule is CNCCCCCCOC1CCC(COC)O1. The molecule has 1 heterocycles. The summed E-state index contributed by atoms with van der Waals surface area (Å²) in [6.07, 6.45) is 7.23. The highest BCUT2D eigenvalue weighted by atomic mass is 16.7. The van der Waals surface area contributed by atoms with Crippen molar-refractivity contribution in [3.63, 3.8) is 0 Å². The van der Waals surface area contributed by atoms with Crippen molar-refractivity contribution in [3.05, 3.63) is 0 Å². The molecule has 0 radical (unpaired) electrons. The second-order valence-electron chi connectivity index (χ2n) is 4.61. The molecule has 0 aromatic rings. The van der Waals surface area contributed by atoms with Gasteiger partial charge < -0.3 is 19.5 Å². The summed E-state index contributed by atoms with van der Waals surface area (Å²) in [6.45, 7) is 2.62. The van der Waals surface area contributed by atoms with Gasteiger partial charge >= 0.3 is 0 Å². The van der Waals surface area contributed by atoms with Crippen molar-refractivity contribution < 1.29 is 14.2 Å². The minimum absolute atomic E-state index is 0.00691. The van der Waals surface area contributed by atoms with E-state index < -0.39 is 0 Å². The first-order valence-electron chi connectivity index (χ1n) is 6.77. The predicted octanol–water partition coefficient (Wildman–Crippen LogP) is 1.93. The Balaban J connectivity index is 1.87. The summed E-state index contributed by atoms with van der Waals surface area (Å²) in [4.78, 5) is 0. The molecule has 17 heavy (non-hydrogen) atoms. The molecule has 0 aliphatic carbocycles. The van der Waals surface area contributed by atoms with Gasteiger partial charge in [-0.05, 0) is 32.9 Å². The fourth-order valence-corrected chi connectivity index (χ4v) is 2.08. The molecule has 1 aliphatic heterocycles. The number of ether oxygens (including phenoxy) is 3. The minimum atomic E-state index is 0.00691. The predicted molar refractivity (Wildman–Crippen MR) is 68.1 cm³/mol. The Hall–Kier alpha value is -0.160. The lowest BCUT2D eigenvalue weighted by atomic mass is 10.2. The third-order valence-electron chi connectivity index (χ3n) is 3.05. The highest BCUT2D eigenvalue weighted by Crippen LogP contribution is 2.20. The van der Waals surface area contributed by atoms with E-state index in [1.54, 1.807) is 7.11 Å². The molecule has 1 fully saturated rings. The molecule has 4 heteroatoms. The molecule has 1 saturated heterocycles. The summed E-state index contributed by atoms with van der Waals surface area (Å²) in [7, 11) is 3.71. The van der Waals surface area contributed by atoms with Crippen LogP contribution in [0, 0.1) is 0 Å². The Bertz CT molecular complexity index is 178. The van der Waals surface area contributed by atoms with Gasteiger partial charge in [-0.25, -0.2) is 0 Å². The fourth-order valence-electron chi connectivity index (χ4n) is 2.08. The summed E-state index contributed by atoms with van der Waals surface area (Å²) in [5.74, 6) is 0. The van der Waals surface area contributed by atoms with Crippen LogP contribution in [0.15, 0.2) is 0 Å². The number of hydrogen-bond acceptors (Lipinski definition) is 4. The van der Waals surface area contributed by atoms with Crippen LogP contribution in [0.4, 0.5) is 0 Å². The Morgan fingerprint density at radius 3 is 2.76 bits per heavy atom. The summed E-state index contributed by atoms with van der Waals surface area (Å²) in [5.41, 5.74) is 0. The maximum Gasteiger partial charge on any atom is 0.158 e. The van der Waals surface area contributed by atoms with Crippen LogP contribution >= 0.6 is 0 Å². The van der Waals surface area contributed by atoms with Crippen LogP contribution in [-0.4, -0.2) is 46.3 Å². The van der Waals surface area contributed by atoms with E-state index in [1.807, 2.05) is 7.05 Å². The third-order valence-corrected chi connectivity index (χ3v) is 3.05. The molecule has 2 unspecified atom stereocenters. The number of hydrogen-bond donors (Lipinski definition) is 1. The molecule has 102 valence electrons. The van der Waals surface area contributed by atoms with Crippen molar-refractivity contribution in [1.29, 1.82) is 0 Å². The molecule has 0 bridgehead atoms. The molecule has 0 spiro atoms. The topological polar surface area (TPSA) is 39.7 Å². The largest absolute Gasteiger partial charge is 0.382 e. The Morgan fingerprint density at radius 2 is 2.00 bits per heavy atom. The molecular weight excluding hydrogens is 218 g/mol. The number of nitrogens with one attached hydrogen (secondary N) is 1. The van der Waals surface area contributed by atoms with Crippen molar-refractivity contribution in [3.8, 4) is 0 Å². The van der Waals surface area contributed by atoms with E-state index in [9.17, 15) is 0 Å². The van der Waals surface area contributed by atoms with Crippen molar-refractivity contribution in [1.82, 2.24) is 5.32 Å². The van der Waals surface area contributed by atoms with E-state index in [2.05, 4.69) is 5.32 Å². The molecule has 0 amide bonds. The van der Waals surface area contributed by atoms with Crippen molar-refractivity contribution in [2.75, 3.05) is 33.9 Å². The Kier molecular flexibility index (Phi) is 8.61. The normalized spacial score (nSPS) is 24.4. The highest BCUT2D eigenvalue weighted by Gasteiger charge is 2.25. The minimum Gasteiger partial charge on any atom is -0.382 e. The van der Waals surface area contributed by atoms with Gasteiger partial charge in [-0.15, -0.1) is 0 Å². The lowest BCUT2D eigenvalue weighted by Gasteiger charge is -2.13. The lowest BCUT2D eigenvalue weighted by molar-refractivity contribution is -0.142. The monoisotopic (exact) mass is 245 g/mol. The van der Waals surface area contributed by atoms with E-state index in [1.165, 1.54) is 19.3 Å². The van der Waals surface area contributed by atoms with Gasteiger partial charge in [0.05, 0.1) is 12.7 Å². The molecule has 1 aliphatic rings. The summed E-state index contributed by atoms with van der Waals surface area (Å²) < 4.78 is 16.5. The van der Waals surface area contributed by atoms with E-state index in [-0.39, 0.29) is 12.4 Å². The molecule has 0 saturated carbocycles. The highest BCUT2D eigenvalue weighted by molar-refractivity contribution is 4.67. The standard InChI is InChI=1S/C13H27NO3/c1-14-9-5-3-4-6-10-16-13-8-7-12(17-13)11-15-2/h12-14H,3-11H2,1-2H3. The van der Waals surface area contributed by atoms with Crippen LogP contribution in [0.3, 0.4) is 0 Å². The lowest BCUT2D eigenvalue weighted by Crippen LogP contribution is -2.18. The van der Waals surface area contributed by atoms with Crippen molar-refractivity contribution in [2.24, 2.45) is 0 Å². The molecule has 0 aromatic carbocycles. The zero-order valence-corrected chi connectivity index (χ0v) is 11.2. The zero-order valence-electron chi connectivity index (χ0n) is 11.2. The van der Waals surface area contributed by atoms with Crippen LogP contribution in [0.1, 0.15) is 38.5 Å². The molecular formula is C13H27NO3. The first-order valence-corrected chi connectivity index (χ1v) is 6.77. The Labute approximate surface area is 105 Å². The van der Waals surface area contributed by atoms with Gasteiger partial charge in [-0.1, -0.05) is 12.8 Å². The van der Waals surface area contributed by atoms with Gasteiger partial charge in [0.25, 0.3) is 0 Å². The maximum atomic E-state index is 5.69. The Morgan fingerprint density at radius 1 is 1.18 bits per heavy atom. The maximum absolute atomic E-state index is 5.69. The second kappa shape index (κ2) is 9.83. The van der Waals surface area contributed by atoms with E-state index >= 15 is 0 Å². The first-order chi connectivity index (χ1) is 8.36. The number of methoxy groups -OCH3 is 1. The van der Waals surface area contributed by atoms with E-state index in [0.717, 1.165) is 32.4 Å². The number of rotatable bonds is 10. The fraction of sp³-hybridized carbons (Fsp3) is 1.00. The first kappa shape index (κ1) is 14.9. The summed E-state index contributed by atoms with van der Waals surface area (Å²) in [6, 6.07) is 0. The van der Waals surface area contributed by atoms with Crippen LogP contribution in [-0.2, 0) is 14.2 Å². The van der Waals surface area contributed by atoms with Gasteiger partial charge in [-0.3, -0.25) is 0 Å². The van der Waals surface area contributed by atoms with Crippen LogP contribution in [0.5, 0.6) is 0 Å². The van der Waals surface area contributed by atoms with Gasteiger partial charge in [0, 0.05) is 20.1 Å². The van der Waals surface area contributed by atoms with Crippen LogP contribution in [0.2, 0.25) is 0 Å². The summed E-state index contributed by atoms with van der Waals surface area (Å²) >= 11 is 0. The van der Waals surface area contributed by atoms with Crippen molar-refractivity contribution >= 4 is 0 Å². The quantitative estimate of drug-likeness (QED) is 0.597. The second-order valence-corrected chi connectivity index (χ2v) is 4.61. The molecule has 0 aromatic heterocycles. The van der Waals surface area contributed by atoms with Gasteiger partial charge in [0.15, 0.2) is 6.29 Å². The van der Waals surface area contributed by atoms with E-state index in [0.29, 0.717) is 6.61 Å². The third kappa shape index (κ3) is 6.99. The molecule has 1 N–H and O–H groups in total. The van der Waals surface area contributed by atoms with Gasteiger partial charge in [-0.2, -0.15) is 0 Å². The molecule has 4 nitrogen and oxygen atoms in total. The van der Waals surface area contributed by atoms with Crippen LogP contribution in [0.25, 0.3) is 0 Å². The van der Waals surface area contributed by atoms with Gasteiger partial charge in [0.2, 0.25) is 0 Å². The number of unbranched alkanes of at least 4 members (excludes halogenated alkanes) is 3. The van der Waals surface area contributed by atoms with Crippen molar-refractivity contribution in [2.45, 2.75) is 50.9 Å². The molecule has 2 atom stereocenters. The molecule has 1 rings (SSSR count).